The molecule has 0 heterocycles. The lowest BCUT2D eigenvalue weighted by atomic mass is 9.64. The van der Waals surface area contributed by atoms with E-state index < -0.39 is 0 Å². The lowest BCUT2D eigenvalue weighted by Crippen LogP contribution is -2.60. The molecule has 0 aliphatic heterocycles. The molecule has 0 radical (unpaired) electrons. The van der Waals surface area contributed by atoms with Gasteiger partial charge in [-0.25, -0.2) is 0 Å². The van der Waals surface area contributed by atoms with E-state index in [0.717, 1.165) is 23.6 Å². The summed E-state index contributed by atoms with van der Waals surface area (Å²) in [6.07, 6.45) is 2.59. The molecule has 1 N–H and O–H groups in total. The molecule has 2 atom stereocenters. The van der Waals surface area contributed by atoms with Crippen molar-refractivity contribution in [3.05, 3.63) is 34.9 Å². The van der Waals surface area contributed by atoms with E-state index in [9.17, 15) is 0 Å². The van der Waals surface area contributed by atoms with Crippen LogP contribution in [0.1, 0.15) is 39.2 Å². The largest absolute Gasteiger partial charge is 0.373 e. The smallest absolute Gasteiger partial charge is 0.0735 e. The van der Waals surface area contributed by atoms with Gasteiger partial charge in [0.25, 0.3) is 0 Å². The summed E-state index contributed by atoms with van der Waals surface area (Å²) in [5.41, 5.74) is 1.28. The maximum Gasteiger partial charge on any atom is 0.0735 e. The zero-order chi connectivity index (χ0) is 13.9. The molecule has 1 aliphatic rings. The number of hydrogen-bond donors (Lipinski definition) is 1. The number of nitrogens with one attached hydrogen (secondary N) is 1. The Balaban J connectivity index is 1.84. The average Bonchev–Trinajstić information content (AvgIpc) is 2.39. The summed E-state index contributed by atoms with van der Waals surface area (Å²) in [5, 5.41) is 4.38. The van der Waals surface area contributed by atoms with Crippen molar-refractivity contribution in [3.8, 4) is 0 Å². The molecular weight excluding hydrogens is 258 g/mol. The highest BCUT2D eigenvalue weighted by atomic mass is 35.5. The van der Waals surface area contributed by atoms with Crippen molar-refractivity contribution in [1.82, 2.24) is 5.32 Å². The Kier molecular flexibility index (Phi) is 4.88. The van der Waals surface area contributed by atoms with Crippen LogP contribution in [-0.4, -0.2) is 18.7 Å². The molecular formula is C16H24ClNO. The Hall–Kier alpha value is -0.570. The highest BCUT2D eigenvalue weighted by molar-refractivity contribution is 6.31. The highest BCUT2D eigenvalue weighted by Gasteiger charge is 2.48. The minimum Gasteiger partial charge on any atom is -0.373 e. The molecule has 2 nitrogen and oxygen atoms in total. The van der Waals surface area contributed by atoms with Crippen LogP contribution in [0.3, 0.4) is 0 Å². The van der Waals surface area contributed by atoms with E-state index >= 15 is 0 Å². The van der Waals surface area contributed by atoms with Crippen LogP contribution in [0.15, 0.2) is 24.3 Å². The molecule has 1 fully saturated rings. The summed E-state index contributed by atoms with van der Waals surface area (Å²) in [5.74, 6) is 0. The molecule has 0 saturated heterocycles. The van der Waals surface area contributed by atoms with Crippen molar-refractivity contribution in [1.29, 1.82) is 0 Å². The van der Waals surface area contributed by atoms with Crippen molar-refractivity contribution in [3.63, 3.8) is 0 Å². The van der Waals surface area contributed by atoms with Gasteiger partial charge in [0.1, 0.15) is 0 Å². The molecule has 2 rings (SSSR count). The molecule has 1 aromatic rings. The van der Waals surface area contributed by atoms with Gasteiger partial charge in [0, 0.05) is 16.5 Å². The van der Waals surface area contributed by atoms with Crippen LogP contribution in [0.4, 0.5) is 0 Å². The number of hydrogen-bond acceptors (Lipinski definition) is 2. The Bertz CT molecular complexity index is 419. The van der Waals surface area contributed by atoms with Crippen LogP contribution >= 0.6 is 11.6 Å². The van der Waals surface area contributed by atoms with E-state index in [1.807, 2.05) is 24.3 Å². The van der Waals surface area contributed by atoms with E-state index in [1.54, 1.807) is 0 Å². The molecule has 0 aromatic heterocycles. The molecule has 1 aromatic carbocycles. The normalized spacial score (nSPS) is 25.1. The third-order valence-electron chi connectivity index (χ3n) is 4.22. The van der Waals surface area contributed by atoms with E-state index in [4.69, 9.17) is 16.3 Å². The first kappa shape index (κ1) is 14.8. The zero-order valence-electron chi connectivity index (χ0n) is 12.1. The van der Waals surface area contributed by atoms with E-state index in [0.29, 0.717) is 18.8 Å². The Labute approximate surface area is 121 Å². The Morgan fingerprint density at radius 1 is 1.37 bits per heavy atom. The van der Waals surface area contributed by atoms with Crippen LogP contribution in [0, 0.1) is 5.41 Å². The van der Waals surface area contributed by atoms with Gasteiger partial charge in [0.2, 0.25) is 0 Å². The fraction of sp³-hybridized carbons (Fsp3) is 0.625. The number of rotatable bonds is 6. The standard InChI is InChI=1S/C16H24ClNO/c1-4-9-18-14-10-15(16(14,2)3)19-11-12-7-5-6-8-13(12)17/h5-8,14-15,18H,4,9-11H2,1-3H3. The quantitative estimate of drug-likeness (QED) is 0.850. The maximum atomic E-state index is 6.14. The van der Waals surface area contributed by atoms with E-state index in [-0.39, 0.29) is 5.41 Å². The summed E-state index contributed by atoms with van der Waals surface area (Å²) >= 11 is 6.14. The van der Waals surface area contributed by atoms with Crippen molar-refractivity contribution < 1.29 is 4.74 Å². The van der Waals surface area contributed by atoms with Gasteiger partial charge in [0.05, 0.1) is 12.7 Å². The first-order valence-corrected chi connectivity index (χ1v) is 7.52. The third kappa shape index (κ3) is 3.31. The van der Waals surface area contributed by atoms with Crippen LogP contribution in [-0.2, 0) is 11.3 Å². The summed E-state index contributed by atoms with van der Waals surface area (Å²) in [6.45, 7) is 8.45. The fourth-order valence-corrected chi connectivity index (χ4v) is 2.83. The van der Waals surface area contributed by atoms with Gasteiger partial charge in [-0.15, -0.1) is 0 Å². The average molecular weight is 282 g/mol. The highest BCUT2D eigenvalue weighted by Crippen LogP contribution is 2.43. The van der Waals surface area contributed by atoms with E-state index in [2.05, 4.69) is 26.1 Å². The van der Waals surface area contributed by atoms with Crippen molar-refractivity contribution in [2.45, 2.75) is 52.4 Å². The molecule has 19 heavy (non-hydrogen) atoms. The summed E-state index contributed by atoms with van der Waals surface area (Å²) < 4.78 is 6.05. The minimum absolute atomic E-state index is 0.205. The lowest BCUT2D eigenvalue weighted by molar-refractivity contribution is -0.124. The molecule has 0 amide bonds. The molecule has 0 bridgehead atoms. The van der Waals surface area contributed by atoms with Crippen LogP contribution < -0.4 is 5.32 Å². The van der Waals surface area contributed by atoms with Crippen LogP contribution in [0.25, 0.3) is 0 Å². The molecule has 3 heteroatoms. The molecule has 106 valence electrons. The van der Waals surface area contributed by atoms with Gasteiger partial charge in [-0.2, -0.15) is 0 Å². The second-order valence-electron chi connectivity index (χ2n) is 5.95. The van der Waals surface area contributed by atoms with Gasteiger partial charge >= 0.3 is 0 Å². The second kappa shape index (κ2) is 6.25. The fourth-order valence-electron chi connectivity index (χ4n) is 2.64. The number of ether oxygens (including phenoxy) is 1. The molecule has 1 saturated carbocycles. The van der Waals surface area contributed by atoms with Gasteiger partial charge < -0.3 is 10.1 Å². The zero-order valence-corrected chi connectivity index (χ0v) is 12.8. The molecule has 2 unspecified atom stereocenters. The summed E-state index contributed by atoms with van der Waals surface area (Å²) in [7, 11) is 0. The van der Waals surface area contributed by atoms with Crippen molar-refractivity contribution >= 4 is 11.6 Å². The summed E-state index contributed by atoms with van der Waals surface area (Å²) in [4.78, 5) is 0. The van der Waals surface area contributed by atoms with Gasteiger partial charge in [-0.1, -0.05) is 50.6 Å². The van der Waals surface area contributed by atoms with Gasteiger partial charge in [0.15, 0.2) is 0 Å². The SMILES string of the molecule is CCCNC1CC(OCc2ccccc2Cl)C1(C)C. The first-order chi connectivity index (χ1) is 9.05. The van der Waals surface area contributed by atoms with Crippen LogP contribution in [0.2, 0.25) is 5.02 Å². The van der Waals surface area contributed by atoms with Crippen molar-refractivity contribution in [2.24, 2.45) is 5.41 Å². The first-order valence-electron chi connectivity index (χ1n) is 7.14. The topological polar surface area (TPSA) is 21.3 Å². The third-order valence-corrected chi connectivity index (χ3v) is 4.59. The van der Waals surface area contributed by atoms with E-state index in [1.165, 1.54) is 6.42 Å². The predicted octanol–water partition coefficient (Wildman–Crippen LogP) is 4.02. The molecule has 1 aliphatic carbocycles. The number of benzene rings is 1. The Morgan fingerprint density at radius 2 is 2.11 bits per heavy atom. The van der Waals surface area contributed by atoms with Gasteiger partial charge in [-0.05, 0) is 31.0 Å². The minimum atomic E-state index is 0.205. The number of halogens is 1. The molecule has 0 spiro atoms. The second-order valence-corrected chi connectivity index (χ2v) is 6.36. The Morgan fingerprint density at radius 3 is 2.74 bits per heavy atom. The van der Waals surface area contributed by atoms with Crippen molar-refractivity contribution in [2.75, 3.05) is 6.54 Å². The maximum absolute atomic E-state index is 6.14. The lowest BCUT2D eigenvalue weighted by Gasteiger charge is -2.52. The van der Waals surface area contributed by atoms with Crippen LogP contribution in [0.5, 0.6) is 0 Å². The predicted molar refractivity (Wildman–Crippen MR) is 80.5 cm³/mol. The monoisotopic (exact) mass is 281 g/mol. The summed E-state index contributed by atoms with van der Waals surface area (Å²) in [6, 6.07) is 8.47. The van der Waals surface area contributed by atoms with Gasteiger partial charge in [-0.3, -0.25) is 0 Å².